The number of nitrogens with one attached hydrogen (secondary N) is 2. The van der Waals surface area contributed by atoms with Crippen LogP contribution in [0.3, 0.4) is 0 Å². The number of anilines is 1. The van der Waals surface area contributed by atoms with Gasteiger partial charge < -0.3 is 15.5 Å². The van der Waals surface area contributed by atoms with Crippen molar-refractivity contribution in [2.75, 3.05) is 38.5 Å². The number of carbonyl (C=O) groups excluding carboxylic acids is 1. The van der Waals surface area contributed by atoms with Gasteiger partial charge in [0, 0.05) is 46.0 Å². The standard InChI is InChI=1S/C17H21N7OS/c1-19-17(25)24-6-4-23(5-7-24)12-13-2-3-20-14(8-13)10-21-16-22-11-15(9-18)26-16/h2-3,8,11H,4-7,10,12H2,1H3,(H,19,25)(H,21,22). The summed E-state index contributed by atoms with van der Waals surface area (Å²) in [6, 6.07) is 6.17. The van der Waals surface area contributed by atoms with Gasteiger partial charge in [0.2, 0.25) is 0 Å². The van der Waals surface area contributed by atoms with Crippen LogP contribution in [0.2, 0.25) is 0 Å². The van der Waals surface area contributed by atoms with Gasteiger partial charge in [-0.3, -0.25) is 9.88 Å². The lowest BCUT2D eigenvalue weighted by atomic mass is 10.2. The zero-order valence-corrected chi connectivity index (χ0v) is 15.4. The quantitative estimate of drug-likeness (QED) is 0.826. The molecule has 9 heteroatoms. The Morgan fingerprint density at radius 3 is 2.85 bits per heavy atom. The number of hydrogen-bond acceptors (Lipinski definition) is 7. The average Bonchev–Trinajstić information content (AvgIpc) is 3.15. The Morgan fingerprint density at radius 1 is 1.35 bits per heavy atom. The maximum atomic E-state index is 11.6. The molecule has 136 valence electrons. The zero-order chi connectivity index (χ0) is 18.4. The zero-order valence-electron chi connectivity index (χ0n) is 14.6. The number of amides is 2. The SMILES string of the molecule is CNC(=O)N1CCN(Cc2ccnc(CNc3ncc(C#N)s3)c2)CC1. The van der Waals surface area contributed by atoms with Gasteiger partial charge in [0.1, 0.15) is 10.9 Å². The topological polar surface area (TPSA) is 97.2 Å². The third-order valence-corrected chi connectivity index (χ3v) is 5.06. The van der Waals surface area contributed by atoms with Crippen LogP contribution in [-0.2, 0) is 13.1 Å². The van der Waals surface area contributed by atoms with E-state index in [-0.39, 0.29) is 6.03 Å². The summed E-state index contributed by atoms with van der Waals surface area (Å²) in [5, 5.41) is 15.4. The van der Waals surface area contributed by atoms with Crippen molar-refractivity contribution in [3.05, 3.63) is 40.7 Å². The summed E-state index contributed by atoms with van der Waals surface area (Å²) in [4.78, 5) is 25.0. The van der Waals surface area contributed by atoms with E-state index in [0.717, 1.165) is 43.5 Å². The van der Waals surface area contributed by atoms with Gasteiger partial charge in [-0.25, -0.2) is 9.78 Å². The lowest BCUT2D eigenvalue weighted by Gasteiger charge is -2.34. The summed E-state index contributed by atoms with van der Waals surface area (Å²) >= 11 is 1.33. The maximum absolute atomic E-state index is 11.6. The molecule has 1 aliphatic rings. The molecule has 0 atom stereocenters. The minimum absolute atomic E-state index is 0.0105. The molecule has 0 aromatic carbocycles. The number of piperazine rings is 1. The summed E-state index contributed by atoms with van der Waals surface area (Å²) in [5.41, 5.74) is 2.13. The number of carbonyl (C=O) groups is 1. The first-order chi connectivity index (χ1) is 12.7. The van der Waals surface area contributed by atoms with Crippen LogP contribution in [0, 0.1) is 11.3 Å². The van der Waals surface area contributed by atoms with Gasteiger partial charge in [-0.1, -0.05) is 11.3 Å². The number of nitrogens with zero attached hydrogens (tertiary/aromatic N) is 5. The van der Waals surface area contributed by atoms with E-state index in [1.165, 1.54) is 16.9 Å². The van der Waals surface area contributed by atoms with Crippen LogP contribution in [0.4, 0.5) is 9.93 Å². The second kappa shape index (κ2) is 8.60. The van der Waals surface area contributed by atoms with Crippen LogP contribution in [0.5, 0.6) is 0 Å². The van der Waals surface area contributed by atoms with E-state index >= 15 is 0 Å². The molecule has 1 fully saturated rings. The summed E-state index contributed by atoms with van der Waals surface area (Å²) in [7, 11) is 1.66. The van der Waals surface area contributed by atoms with Crippen LogP contribution in [0.15, 0.2) is 24.5 Å². The molecular weight excluding hydrogens is 350 g/mol. The third kappa shape index (κ3) is 4.68. The number of nitriles is 1. The second-order valence-electron chi connectivity index (χ2n) is 5.97. The Kier molecular flexibility index (Phi) is 5.99. The van der Waals surface area contributed by atoms with Gasteiger partial charge in [0.05, 0.1) is 18.4 Å². The lowest BCUT2D eigenvalue weighted by molar-refractivity contribution is 0.136. The van der Waals surface area contributed by atoms with Crippen LogP contribution in [-0.4, -0.2) is 59.0 Å². The van der Waals surface area contributed by atoms with Crippen molar-refractivity contribution >= 4 is 22.5 Å². The van der Waals surface area contributed by atoms with E-state index in [1.54, 1.807) is 13.2 Å². The third-order valence-electron chi connectivity index (χ3n) is 4.20. The molecule has 1 aliphatic heterocycles. The first-order valence-electron chi connectivity index (χ1n) is 8.40. The van der Waals surface area contributed by atoms with Crippen LogP contribution in [0.25, 0.3) is 0 Å². The lowest BCUT2D eigenvalue weighted by Crippen LogP contribution is -2.50. The normalized spacial score (nSPS) is 14.7. The molecule has 3 heterocycles. The fraction of sp³-hybridized carbons (Fsp3) is 0.412. The number of rotatable bonds is 5. The molecule has 0 spiro atoms. The highest BCUT2D eigenvalue weighted by molar-refractivity contribution is 7.16. The van der Waals surface area contributed by atoms with E-state index in [4.69, 9.17) is 5.26 Å². The van der Waals surface area contributed by atoms with E-state index in [9.17, 15) is 4.79 Å². The fourth-order valence-corrected chi connectivity index (χ4v) is 3.43. The number of hydrogen-bond donors (Lipinski definition) is 2. The molecule has 3 rings (SSSR count). The molecule has 8 nitrogen and oxygen atoms in total. The molecule has 2 aromatic heterocycles. The summed E-state index contributed by atoms with van der Waals surface area (Å²) in [6.07, 6.45) is 3.38. The predicted molar refractivity (Wildman–Crippen MR) is 99.7 cm³/mol. The van der Waals surface area contributed by atoms with E-state index < -0.39 is 0 Å². The number of pyridine rings is 1. The molecule has 0 saturated carbocycles. The van der Waals surface area contributed by atoms with Crippen molar-refractivity contribution in [1.29, 1.82) is 5.26 Å². The fourth-order valence-electron chi connectivity index (χ4n) is 2.82. The van der Waals surface area contributed by atoms with Crippen molar-refractivity contribution in [2.24, 2.45) is 0 Å². The Labute approximate surface area is 156 Å². The van der Waals surface area contributed by atoms with Crippen molar-refractivity contribution in [3.8, 4) is 6.07 Å². The Balaban J connectivity index is 1.51. The van der Waals surface area contributed by atoms with Crippen molar-refractivity contribution in [1.82, 2.24) is 25.1 Å². The number of urea groups is 1. The first-order valence-corrected chi connectivity index (χ1v) is 9.22. The van der Waals surface area contributed by atoms with Crippen molar-refractivity contribution in [3.63, 3.8) is 0 Å². The molecule has 26 heavy (non-hydrogen) atoms. The summed E-state index contributed by atoms with van der Waals surface area (Å²) in [5.74, 6) is 0. The molecule has 0 bridgehead atoms. The number of thiazole rings is 1. The van der Waals surface area contributed by atoms with Gasteiger partial charge in [-0.15, -0.1) is 0 Å². The average molecular weight is 371 g/mol. The highest BCUT2D eigenvalue weighted by atomic mass is 32.1. The van der Waals surface area contributed by atoms with Crippen molar-refractivity contribution in [2.45, 2.75) is 13.1 Å². The summed E-state index contributed by atoms with van der Waals surface area (Å²) in [6.45, 7) is 4.61. The highest BCUT2D eigenvalue weighted by Gasteiger charge is 2.20. The van der Waals surface area contributed by atoms with Crippen LogP contribution < -0.4 is 10.6 Å². The molecule has 2 aromatic rings. The van der Waals surface area contributed by atoms with E-state index in [1.807, 2.05) is 17.2 Å². The summed E-state index contributed by atoms with van der Waals surface area (Å²) < 4.78 is 0. The maximum Gasteiger partial charge on any atom is 0.317 e. The Hall–Kier alpha value is -2.70. The molecule has 0 unspecified atom stereocenters. The smallest absolute Gasteiger partial charge is 0.317 e. The molecule has 2 amide bonds. The Bertz CT molecular complexity index is 792. The van der Waals surface area contributed by atoms with Crippen LogP contribution in [0.1, 0.15) is 16.1 Å². The minimum Gasteiger partial charge on any atom is -0.356 e. The molecule has 2 N–H and O–H groups in total. The Morgan fingerprint density at radius 2 is 2.15 bits per heavy atom. The van der Waals surface area contributed by atoms with Crippen molar-refractivity contribution < 1.29 is 4.79 Å². The predicted octanol–water partition coefficient (Wildman–Crippen LogP) is 1.48. The number of aromatic nitrogens is 2. The first kappa shape index (κ1) is 18.1. The van der Waals surface area contributed by atoms with Gasteiger partial charge in [0.25, 0.3) is 0 Å². The largest absolute Gasteiger partial charge is 0.356 e. The second-order valence-corrected chi connectivity index (χ2v) is 7.00. The van der Waals surface area contributed by atoms with Gasteiger partial charge in [-0.2, -0.15) is 5.26 Å². The highest BCUT2D eigenvalue weighted by Crippen LogP contribution is 2.17. The van der Waals surface area contributed by atoms with Gasteiger partial charge >= 0.3 is 6.03 Å². The monoisotopic (exact) mass is 371 g/mol. The van der Waals surface area contributed by atoms with E-state index in [2.05, 4.69) is 37.6 Å². The molecule has 0 aliphatic carbocycles. The van der Waals surface area contributed by atoms with Gasteiger partial charge in [-0.05, 0) is 17.7 Å². The molecular formula is C17H21N7OS. The molecule has 1 saturated heterocycles. The minimum atomic E-state index is -0.0105. The van der Waals surface area contributed by atoms with E-state index in [0.29, 0.717) is 11.4 Å². The van der Waals surface area contributed by atoms with Gasteiger partial charge in [0.15, 0.2) is 5.13 Å². The van der Waals surface area contributed by atoms with Crippen LogP contribution >= 0.6 is 11.3 Å². The molecule has 0 radical (unpaired) electrons.